The van der Waals surface area contributed by atoms with Crippen molar-refractivity contribution >= 4 is 0 Å². The van der Waals surface area contributed by atoms with Gasteiger partial charge in [-0.3, -0.25) is 0 Å². The lowest BCUT2D eigenvalue weighted by atomic mass is 9.68. The van der Waals surface area contributed by atoms with Crippen molar-refractivity contribution in [1.82, 2.24) is 0 Å². The van der Waals surface area contributed by atoms with E-state index in [1.54, 1.807) is 0 Å². The van der Waals surface area contributed by atoms with E-state index in [1.165, 1.54) is 0 Å². The van der Waals surface area contributed by atoms with Gasteiger partial charge in [0.1, 0.15) is 0 Å². The fraction of sp³-hybridized carbons (Fsp3) is 0.913. The maximum absolute atomic E-state index is 9.86. The van der Waals surface area contributed by atoms with Crippen LogP contribution in [0.5, 0.6) is 0 Å². The molecule has 2 spiro atoms. The Hall–Kier alpha value is -0.500. The summed E-state index contributed by atoms with van der Waals surface area (Å²) < 4.78 is 25.7. The Morgan fingerprint density at radius 2 is 1.28 bits per heavy atom. The van der Waals surface area contributed by atoms with Gasteiger partial charge in [0, 0.05) is 35.5 Å². The van der Waals surface area contributed by atoms with Gasteiger partial charge in [0.25, 0.3) is 0 Å². The van der Waals surface area contributed by atoms with E-state index in [2.05, 4.69) is 27.4 Å². The minimum atomic E-state index is -0.741. The number of aliphatic hydroxyl groups is 2. The highest BCUT2D eigenvalue weighted by Gasteiger charge is 2.61. The third-order valence-electron chi connectivity index (χ3n) is 7.92. The van der Waals surface area contributed by atoms with Crippen LogP contribution >= 0.6 is 0 Å². The lowest BCUT2D eigenvalue weighted by molar-refractivity contribution is -0.402. The van der Waals surface area contributed by atoms with E-state index in [1.807, 2.05) is 6.92 Å². The van der Waals surface area contributed by atoms with Crippen molar-refractivity contribution in [3.8, 4) is 0 Å². The molecule has 29 heavy (non-hydrogen) atoms. The Morgan fingerprint density at radius 3 is 1.62 bits per heavy atom. The molecule has 3 aliphatic rings. The predicted octanol–water partition coefficient (Wildman–Crippen LogP) is 3.26. The van der Waals surface area contributed by atoms with Gasteiger partial charge in [-0.25, -0.2) is 0 Å². The first-order chi connectivity index (χ1) is 13.8. The summed E-state index contributed by atoms with van der Waals surface area (Å²) >= 11 is 0. The largest absolute Gasteiger partial charge is 0.396 e. The van der Waals surface area contributed by atoms with E-state index in [0.717, 1.165) is 24.8 Å². The standard InChI is InChI=1S/C23H40O6/c1-6-18-9-23(28-15-21(8-3,12-25)16-29-23)19(17(4)5)10-22(18)26-13-20(7-2,11-24)14-27-22/h18-19,24-25H,4,6-16H2,1-3,5H3. The molecule has 1 saturated carbocycles. The molecule has 6 nitrogen and oxygen atoms in total. The summed E-state index contributed by atoms with van der Waals surface area (Å²) in [4.78, 5) is 0. The molecule has 0 radical (unpaired) electrons. The predicted molar refractivity (Wildman–Crippen MR) is 110 cm³/mol. The van der Waals surface area contributed by atoms with E-state index in [4.69, 9.17) is 18.9 Å². The van der Waals surface area contributed by atoms with Crippen molar-refractivity contribution in [2.24, 2.45) is 22.7 Å². The highest BCUT2D eigenvalue weighted by Crippen LogP contribution is 2.55. The van der Waals surface area contributed by atoms with Gasteiger partial charge in [-0.15, -0.1) is 0 Å². The summed E-state index contributed by atoms with van der Waals surface area (Å²) in [6, 6.07) is 0. The second kappa shape index (κ2) is 8.56. The lowest BCUT2D eigenvalue weighted by Crippen LogP contribution is -2.65. The summed E-state index contributed by atoms with van der Waals surface area (Å²) in [6.45, 7) is 14.6. The van der Waals surface area contributed by atoms with Gasteiger partial charge < -0.3 is 29.2 Å². The fourth-order valence-electron chi connectivity index (χ4n) is 5.01. The smallest absolute Gasteiger partial charge is 0.175 e. The van der Waals surface area contributed by atoms with Crippen LogP contribution in [0.3, 0.4) is 0 Å². The van der Waals surface area contributed by atoms with Gasteiger partial charge in [-0.1, -0.05) is 32.9 Å². The average molecular weight is 413 g/mol. The first kappa shape index (κ1) is 23.2. The molecule has 3 rings (SSSR count). The van der Waals surface area contributed by atoms with Crippen LogP contribution in [0.25, 0.3) is 0 Å². The number of rotatable bonds is 6. The maximum atomic E-state index is 9.86. The summed E-state index contributed by atoms with van der Waals surface area (Å²) in [7, 11) is 0. The van der Waals surface area contributed by atoms with E-state index in [-0.39, 0.29) is 35.9 Å². The number of hydrogen-bond donors (Lipinski definition) is 2. The van der Waals surface area contributed by atoms with Crippen LogP contribution in [-0.2, 0) is 18.9 Å². The van der Waals surface area contributed by atoms with Crippen molar-refractivity contribution in [2.45, 2.75) is 71.4 Å². The molecule has 0 bridgehead atoms. The molecule has 2 heterocycles. The molecule has 6 heteroatoms. The fourth-order valence-corrected chi connectivity index (χ4v) is 5.01. The highest BCUT2D eigenvalue weighted by atomic mass is 16.7. The molecule has 2 unspecified atom stereocenters. The molecule has 3 fully saturated rings. The van der Waals surface area contributed by atoms with Gasteiger partial charge in [0.05, 0.1) is 39.6 Å². The van der Waals surface area contributed by atoms with Crippen LogP contribution in [0.4, 0.5) is 0 Å². The van der Waals surface area contributed by atoms with Gasteiger partial charge in [-0.05, 0) is 26.2 Å². The normalized spacial score (nSPS) is 45.6. The Morgan fingerprint density at radius 1 is 0.828 bits per heavy atom. The van der Waals surface area contributed by atoms with E-state index >= 15 is 0 Å². The molecular weight excluding hydrogens is 372 g/mol. The maximum Gasteiger partial charge on any atom is 0.175 e. The van der Waals surface area contributed by atoms with Crippen molar-refractivity contribution in [2.75, 3.05) is 39.6 Å². The van der Waals surface area contributed by atoms with Gasteiger partial charge in [-0.2, -0.15) is 0 Å². The third-order valence-corrected chi connectivity index (χ3v) is 7.92. The van der Waals surface area contributed by atoms with Crippen LogP contribution in [0, 0.1) is 22.7 Å². The van der Waals surface area contributed by atoms with Crippen LogP contribution < -0.4 is 0 Å². The molecule has 2 atom stereocenters. The molecule has 2 aliphatic heterocycles. The second-order valence-electron chi connectivity index (χ2n) is 9.71. The van der Waals surface area contributed by atoms with Crippen molar-refractivity contribution < 1.29 is 29.2 Å². The molecule has 0 aromatic heterocycles. The van der Waals surface area contributed by atoms with Gasteiger partial charge in [0.15, 0.2) is 11.6 Å². The Bertz CT molecular complexity index is 560. The molecular formula is C23H40O6. The molecule has 2 saturated heterocycles. The zero-order valence-corrected chi connectivity index (χ0v) is 18.7. The highest BCUT2D eigenvalue weighted by molar-refractivity contribution is 5.12. The number of aliphatic hydroxyl groups excluding tert-OH is 2. The van der Waals surface area contributed by atoms with Crippen molar-refractivity contribution in [3.63, 3.8) is 0 Å². The third kappa shape index (κ3) is 3.92. The van der Waals surface area contributed by atoms with Gasteiger partial charge >= 0.3 is 0 Å². The summed E-state index contributed by atoms with van der Waals surface area (Å²) in [5.41, 5.74) is 0.340. The first-order valence-corrected chi connectivity index (χ1v) is 11.2. The van der Waals surface area contributed by atoms with Crippen LogP contribution in [0.1, 0.15) is 59.8 Å². The van der Waals surface area contributed by atoms with Crippen LogP contribution in [0.15, 0.2) is 12.2 Å². The van der Waals surface area contributed by atoms with Gasteiger partial charge in [0.2, 0.25) is 0 Å². The van der Waals surface area contributed by atoms with Crippen molar-refractivity contribution in [1.29, 1.82) is 0 Å². The average Bonchev–Trinajstić information content (AvgIpc) is 2.77. The van der Waals surface area contributed by atoms with Crippen LogP contribution in [-0.4, -0.2) is 61.4 Å². The Labute approximate surface area is 175 Å². The summed E-state index contributed by atoms with van der Waals surface area (Å²) in [5, 5.41) is 19.7. The monoisotopic (exact) mass is 412 g/mol. The lowest BCUT2D eigenvalue weighted by Gasteiger charge is -2.59. The number of hydrogen-bond acceptors (Lipinski definition) is 6. The topological polar surface area (TPSA) is 77.4 Å². The molecule has 2 N–H and O–H groups in total. The number of ether oxygens (including phenoxy) is 4. The minimum absolute atomic E-state index is 0.0536. The van der Waals surface area contributed by atoms with Crippen molar-refractivity contribution in [3.05, 3.63) is 12.2 Å². The quantitative estimate of drug-likeness (QED) is 0.652. The molecule has 1 aliphatic carbocycles. The summed E-state index contributed by atoms with van der Waals surface area (Å²) in [6.07, 6.45) is 3.81. The minimum Gasteiger partial charge on any atom is -0.396 e. The molecule has 0 amide bonds. The van der Waals surface area contributed by atoms with E-state index < -0.39 is 11.6 Å². The molecule has 168 valence electrons. The van der Waals surface area contributed by atoms with E-state index in [9.17, 15) is 10.2 Å². The zero-order valence-electron chi connectivity index (χ0n) is 18.7. The Kier molecular flexibility index (Phi) is 6.84. The summed E-state index contributed by atoms with van der Waals surface area (Å²) in [5.74, 6) is -1.37. The first-order valence-electron chi connectivity index (χ1n) is 11.2. The van der Waals surface area contributed by atoms with E-state index in [0.29, 0.717) is 39.3 Å². The zero-order chi connectivity index (χ0) is 21.3. The molecule has 0 aromatic carbocycles. The van der Waals surface area contributed by atoms with Crippen LogP contribution in [0.2, 0.25) is 0 Å². The SMILES string of the molecule is C=C(C)C1CC2(OCC(CC)(CO)CO2)C(CC)CC12OCC(CC)(CO)CO2. The second-order valence-corrected chi connectivity index (χ2v) is 9.71. The molecule has 0 aromatic rings. The Balaban J connectivity index is 1.84.